The molecule has 0 spiro atoms. The van der Waals surface area contributed by atoms with Crippen molar-refractivity contribution >= 4 is 16.6 Å². The molecule has 4 aromatic rings. The Kier molecular flexibility index (Phi) is 6.55. The van der Waals surface area contributed by atoms with Gasteiger partial charge in [-0.25, -0.2) is 0 Å². The van der Waals surface area contributed by atoms with Crippen molar-refractivity contribution in [3.8, 4) is 11.1 Å². The van der Waals surface area contributed by atoms with Crippen LogP contribution in [0, 0.1) is 0 Å². The third-order valence-corrected chi connectivity index (χ3v) is 7.16. The molecule has 6 rings (SSSR count). The van der Waals surface area contributed by atoms with Gasteiger partial charge in [-0.1, -0.05) is 54.6 Å². The highest BCUT2D eigenvalue weighted by Crippen LogP contribution is 2.25. The van der Waals surface area contributed by atoms with Crippen LogP contribution < -0.4 is 4.90 Å². The Morgan fingerprint density at radius 2 is 1.64 bits per heavy atom. The van der Waals surface area contributed by atoms with Gasteiger partial charge < -0.3 is 14.5 Å². The number of benzene rings is 3. The molecule has 5 heteroatoms. The van der Waals surface area contributed by atoms with Crippen LogP contribution in [-0.4, -0.2) is 40.9 Å². The molecule has 0 radical (unpaired) electrons. The molecule has 0 bridgehead atoms. The topological polar surface area (TPSA) is 33.5 Å². The van der Waals surface area contributed by atoms with Crippen LogP contribution in [0.1, 0.15) is 18.4 Å². The van der Waals surface area contributed by atoms with Crippen LogP contribution in [0.25, 0.3) is 22.0 Å². The molecular weight excluding hydrogens is 444 g/mol. The number of rotatable bonds is 8. The van der Waals surface area contributed by atoms with E-state index in [9.17, 15) is 0 Å². The first kappa shape index (κ1) is 22.6. The van der Waals surface area contributed by atoms with Crippen LogP contribution in [0.3, 0.4) is 0 Å². The fourth-order valence-corrected chi connectivity index (χ4v) is 5.04. The predicted molar refractivity (Wildman–Crippen MR) is 147 cm³/mol. The van der Waals surface area contributed by atoms with E-state index in [1.807, 2.05) is 18.3 Å². The summed E-state index contributed by atoms with van der Waals surface area (Å²) in [6.07, 6.45) is 10.9. The lowest BCUT2D eigenvalue weighted by Crippen LogP contribution is -2.24. The van der Waals surface area contributed by atoms with Gasteiger partial charge in [0.25, 0.3) is 0 Å². The average molecular weight is 477 g/mol. The summed E-state index contributed by atoms with van der Waals surface area (Å²) in [6.45, 7) is 5.83. The molecule has 0 atom stereocenters. The lowest BCUT2D eigenvalue weighted by atomic mass is 10.0. The zero-order chi connectivity index (χ0) is 24.2. The maximum atomic E-state index is 6.07. The zero-order valence-electron chi connectivity index (χ0n) is 20.6. The minimum Gasteiger partial charge on any atom is -0.489 e. The summed E-state index contributed by atoms with van der Waals surface area (Å²) in [4.78, 5) is 4.77. The van der Waals surface area contributed by atoms with Crippen LogP contribution in [0.15, 0.2) is 103 Å². The Bertz CT molecular complexity index is 1360. The molecule has 3 heterocycles. The number of likely N-dealkylation sites (tertiary alicyclic amines) is 1. The number of allylic oxidation sites excluding steroid dienone is 1. The van der Waals surface area contributed by atoms with E-state index < -0.39 is 0 Å². The molecule has 0 saturated carbocycles. The van der Waals surface area contributed by atoms with E-state index in [0.717, 1.165) is 25.4 Å². The standard InChI is InChI=1S/C31H32N4O/c1-2-6-26(7-3-1)27-10-8-25(9-11-27)24-36-30-14-18-34(19-15-30)29-12-13-31-28(22-29)23-32-35(31)21-20-33-16-4-5-17-33/h1-3,6-15,18,22-23H,4-5,16-17,19-21,24H2. The van der Waals surface area contributed by atoms with E-state index >= 15 is 0 Å². The quantitative estimate of drug-likeness (QED) is 0.302. The van der Waals surface area contributed by atoms with Crippen molar-refractivity contribution < 1.29 is 4.74 Å². The van der Waals surface area contributed by atoms with Crippen LogP contribution >= 0.6 is 0 Å². The van der Waals surface area contributed by atoms with Crippen LogP contribution in [-0.2, 0) is 17.9 Å². The minimum atomic E-state index is 0.563. The zero-order valence-corrected chi connectivity index (χ0v) is 20.6. The van der Waals surface area contributed by atoms with Crippen molar-refractivity contribution in [3.05, 3.63) is 109 Å². The number of hydrogen-bond acceptors (Lipinski definition) is 4. The summed E-state index contributed by atoms with van der Waals surface area (Å²) in [7, 11) is 0. The highest BCUT2D eigenvalue weighted by molar-refractivity contribution is 5.83. The number of fused-ring (bicyclic) bond motifs is 1. The Morgan fingerprint density at radius 3 is 2.42 bits per heavy atom. The molecule has 2 aliphatic heterocycles. The second kappa shape index (κ2) is 10.4. The normalized spacial score (nSPS) is 16.0. The molecule has 36 heavy (non-hydrogen) atoms. The van der Waals surface area contributed by atoms with Gasteiger partial charge in [0.2, 0.25) is 0 Å². The van der Waals surface area contributed by atoms with Gasteiger partial charge in [0.05, 0.1) is 18.3 Å². The van der Waals surface area contributed by atoms with Gasteiger partial charge in [-0.05, 0) is 73.0 Å². The number of ether oxygens (including phenoxy) is 1. The summed E-state index contributed by atoms with van der Waals surface area (Å²) >= 11 is 0. The largest absolute Gasteiger partial charge is 0.489 e. The Morgan fingerprint density at radius 1 is 0.833 bits per heavy atom. The van der Waals surface area contributed by atoms with Crippen molar-refractivity contribution in [2.45, 2.75) is 26.0 Å². The first-order valence-corrected chi connectivity index (χ1v) is 12.9. The van der Waals surface area contributed by atoms with Crippen molar-refractivity contribution in [1.29, 1.82) is 0 Å². The van der Waals surface area contributed by atoms with Crippen molar-refractivity contribution in [2.24, 2.45) is 0 Å². The molecule has 5 nitrogen and oxygen atoms in total. The average Bonchev–Trinajstić information content (AvgIpc) is 3.61. The minimum absolute atomic E-state index is 0.563. The number of anilines is 1. The maximum Gasteiger partial charge on any atom is 0.119 e. The molecule has 0 N–H and O–H groups in total. The van der Waals surface area contributed by atoms with E-state index in [1.54, 1.807) is 0 Å². The van der Waals surface area contributed by atoms with Gasteiger partial charge in [-0.15, -0.1) is 0 Å². The summed E-state index contributed by atoms with van der Waals surface area (Å²) < 4.78 is 8.21. The lowest BCUT2D eigenvalue weighted by molar-refractivity contribution is 0.209. The fraction of sp³-hybridized carbons (Fsp3) is 0.258. The highest BCUT2D eigenvalue weighted by Gasteiger charge is 2.13. The van der Waals surface area contributed by atoms with Gasteiger partial charge >= 0.3 is 0 Å². The van der Waals surface area contributed by atoms with Gasteiger partial charge in [-0.2, -0.15) is 5.10 Å². The van der Waals surface area contributed by atoms with Crippen molar-refractivity contribution in [3.63, 3.8) is 0 Å². The Hall–Kier alpha value is -3.83. The molecule has 3 aromatic carbocycles. The predicted octanol–water partition coefficient (Wildman–Crippen LogP) is 6.23. The maximum absolute atomic E-state index is 6.07. The van der Waals surface area contributed by atoms with E-state index in [0.29, 0.717) is 6.61 Å². The third kappa shape index (κ3) is 5.07. The van der Waals surface area contributed by atoms with Gasteiger partial charge in [0, 0.05) is 30.4 Å². The van der Waals surface area contributed by atoms with Gasteiger partial charge in [0.15, 0.2) is 0 Å². The first-order valence-electron chi connectivity index (χ1n) is 12.9. The van der Waals surface area contributed by atoms with Crippen molar-refractivity contribution in [2.75, 3.05) is 31.1 Å². The third-order valence-electron chi connectivity index (χ3n) is 7.16. The van der Waals surface area contributed by atoms with Crippen LogP contribution in [0.5, 0.6) is 0 Å². The van der Waals surface area contributed by atoms with E-state index in [4.69, 9.17) is 4.74 Å². The molecular formula is C31H32N4O. The monoisotopic (exact) mass is 476 g/mol. The highest BCUT2D eigenvalue weighted by atomic mass is 16.5. The summed E-state index contributed by atoms with van der Waals surface area (Å²) in [5.74, 6) is 0.911. The molecule has 1 aromatic heterocycles. The second-order valence-electron chi connectivity index (χ2n) is 9.59. The van der Waals surface area contributed by atoms with Gasteiger partial charge in [0.1, 0.15) is 12.4 Å². The molecule has 0 amide bonds. The fourth-order valence-electron chi connectivity index (χ4n) is 5.04. The molecule has 1 fully saturated rings. The van der Waals surface area contributed by atoms with E-state index in [1.165, 1.54) is 59.2 Å². The summed E-state index contributed by atoms with van der Waals surface area (Å²) in [6, 6.07) is 25.7. The molecule has 182 valence electrons. The van der Waals surface area contributed by atoms with Crippen molar-refractivity contribution in [1.82, 2.24) is 14.7 Å². The number of hydrogen-bond donors (Lipinski definition) is 0. The molecule has 1 saturated heterocycles. The smallest absolute Gasteiger partial charge is 0.119 e. The Labute approximate surface area is 212 Å². The number of nitrogens with zero attached hydrogens (tertiary/aromatic N) is 4. The van der Waals surface area contributed by atoms with E-state index in [2.05, 4.69) is 98.6 Å². The molecule has 0 aliphatic carbocycles. The van der Waals surface area contributed by atoms with Crippen LogP contribution in [0.4, 0.5) is 5.69 Å². The molecule has 2 aliphatic rings. The van der Waals surface area contributed by atoms with Gasteiger partial charge in [-0.3, -0.25) is 4.68 Å². The first-order chi connectivity index (χ1) is 17.8. The summed E-state index contributed by atoms with van der Waals surface area (Å²) in [5.41, 5.74) is 6.00. The molecule has 0 unspecified atom stereocenters. The SMILES string of the molecule is C1=CN(c2ccc3c(cnn3CCN3CCCC3)c2)CC=C1OCc1ccc(-c2ccccc2)cc1. The van der Waals surface area contributed by atoms with Crippen LogP contribution in [0.2, 0.25) is 0 Å². The summed E-state index contributed by atoms with van der Waals surface area (Å²) in [5, 5.41) is 5.84. The Balaban J connectivity index is 1.04. The second-order valence-corrected chi connectivity index (χ2v) is 9.59. The van der Waals surface area contributed by atoms with E-state index in [-0.39, 0.29) is 0 Å². The number of aromatic nitrogens is 2. The lowest BCUT2D eigenvalue weighted by Gasteiger charge is -2.23.